The van der Waals surface area contributed by atoms with E-state index in [1.165, 1.54) is 0 Å². The molecule has 0 aliphatic rings. The summed E-state index contributed by atoms with van der Waals surface area (Å²) in [5.41, 5.74) is 5.39. The fourth-order valence-electron chi connectivity index (χ4n) is 1.75. The van der Waals surface area contributed by atoms with E-state index in [-0.39, 0.29) is 5.56 Å². The molecular weight excluding hydrogens is 242 g/mol. The van der Waals surface area contributed by atoms with Gasteiger partial charge in [-0.15, -0.1) is 0 Å². The Labute approximate surface area is 115 Å². The predicted molar refractivity (Wildman–Crippen MR) is 77.6 cm³/mol. The van der Waals surface area contributed by atoms with Crippen molar-refractivity contribution in [2.45, 2.75) is 32.4 Å². The minimum atomic E-state index is -0.423. The Morgan fingerprint density at radius 1 is 1.42 bits per heavy atom. The summed E-state index contributed by atoms with van der Waals surface area (Å²) in [6.45, 7) is 5.75. The Morgan fingerprint density at radius 2 is 2.11 bits per heavy atom. The highest BCUT2D eigenvalue weighted by Crippen LogP contribution is 2.06. The number of hydrogen-bond acceptors (Lipinski definition) is 4. The summed E-state index contributed by atoms with van der Waals surface area (Å²) in [4.78, 5) is 14.2. The number of rotatable bonds is 7. The molecule has 1 aromatic rings. The van der Waals surface area contributed by atoms with Gasteiger partial charge in [-0.25, -0.2) is 0 Å². The average molecular weight is 267 g/mol. The molecule has 0 bridgehead atoms. The van der Waals surface area contributed by atoms with E-state index in [2.05, 4.69) is 4.90 Å². The number of nitrogens with two attached hydrogens (primary N) is 1. The van der Waals surface area contributed by atoms with Gasteiger partial charge in [-0.3, -0.25) is 4.79 Å². The fraction of sp³-hybridized carbons (Fsp3) is 0.643. The zero-order valence-corrected chi connectivity index (χ0v) is 12.3. The lowest BCUT2D eigenvalue weighted by Gasteiger charge is -2.20. The van der Waals surface area contributed by atoms with Crippen molar-refractivity contribution < 1.29 is 4.74 Å². The molecule has 0 aliphatic heterocycles. The molecule has 0 atom stereocenters. The third kappa shape index (κ3) is 5.89. The molecule has 0 spiro atoms. The van der Waals surface area contributed by atoms with Gasteiger partial charge in [0, 0.05) is 24.8 Å². The predicted octanol–water partition coefficient (Wildman–Crippen LogP) is 0.916. The summed E-state index contributed by atoms with van der Waals surface area (Å²) >= 11 is 0. The number of pyridine rings is 1. The van der Waals surface area contributed by atoms with Crippen LogP contribution in [0.5, 0.6) is 5.75 Å². The second-order valence-electron chi connectivity index (χ2n) is 5.80. The van der Waals surface area contributed by atoms with Crippen molar-refractivity contribution in [3.63, 3.8) is 0 Å². The number of ether oxygens (including phenoxy) is 1. The van der Waals surface area contributed by atoms with Crippen LogP contribution in [0, 0.1) is 0 Å². The summed E-state index contributed by atoms with van der Waals surface area (Å²) in [6, 6.07) is 3.52. The van der Waals surface area contributed by atoms with Gasteiger partial charge in [0.15, 0.2) is 5.75 Å². The van der Waals surface area contributed by atoms with Crippen LogP contribution in [0.4, 0.5) is 0 Å². The number of nitrogens with zero attached hydrogens (tertiary/aromatic N) is 2. The zero-order valence-electron chi connectivity index (χ0n) is 12.3. The molecule has 19 heavy (non-hydrogen) atoms. The molecule has 5 heteroatoms. The summed E-state index contributed by atoms with van der Waals surface area (Å²) in [7, 11) is 4.03. The summed E-state index contributed by atoms with van der Waals surface area (Å²) < 4.78 is 7.14. The Kier molecular flexibility index (Phi) is 5.57. The van der Waals surface area contributed by atoms with E-state index in [1.54, 1.807) is 16.8 Å². The average Bonchev–Trinajstić information content (AvgIpc) is 2.27. The minimum absolute atomic E-state index is 0.120. The largest absolute Gasteiger partial charge is 0.488 e. The number of hydrogen-bond donors (Lipinski definition) is 1. The van der Waals surface area contributed by atoms with E-state index in [4.69, 9.17) is 10.5 Å². The standard InChI is InChI=1S/C14H25N3O2/c1-14(2,15)11-17-9-5-7-12(13(17)18)19-10-6-8-16(3)4/h5,7,9H,6,8,10-11,15H2,1-4H3. The van der Waals surface area contributed by atoms with Crippen LogP contribution in [0.3, 0.4) is 0 Å². The molecule has 5 nitrogen and oxygen atoms in total. The highest BCUT2D eigenvalue weighted by molar-refractivity contribution is 5.17. The van der Waals surface area contributed by atoms with Crippen molar-refractivity contribution in [1.29, 1.82) is 0 Å². The van der Waals surface area contributed by atoms with Crippen LogP contribution < -0.4 is 16.0 Å². The third-order valence-electron chi connectivity index (χ3n) is 2.57. The van der Waals surface area contributed by atoms with Crippen LogP contribution in [0.1, 0.15) is 20.3 Å². The summed E-state index contributed by atoms with van der Waals surface area (Å²) in [6.07, 6.45) is 2.63. The van der Waals surface area contributed by atoms with Crippen LogP contribution >= 0.6 is 0 Å². The van der Waals surface area contributed by atoms with Gasteiger partial charge in [0.05, 0.1) is 6.61 Å². The molecule has 0 aromatic carbocycles. The molecule has 1 rings (SSSR count). The molecule has 0 amide bonds. The lowest BCUT2D eigenvalue weighted by atomic mass is 10.1. The Bertz CT molecular complexity index is 447. The van der Waals surface area contributed by atoms with Crippen LogP contribution in [-0.4, -0.2) is 42.3 Å². The van der Waals surface area contributed by atoms with Gasteiger partial charge in [0.25, 0.3) is 5.56 Å². The molecule has 1 aromatic heterocycles. The molecule has 0 saturated carbocycles. The second kappa shape index (κ2) is 6.73. The minimum Gasteiger partial charge on any atom is -0.488 e. The van der Waals surface area contributed by atoms with Gasteiger partial charge >= 0.3 is 0 Å². The lowest BCUT2D eigenvalue weighted by Crippen LogP contribution is -2.40. The molecule has 0 fully saturated rings. The molecule has 1 heterocycles. The Balaban J connectivity index is 2.65. The van der Waals surface area contributed by atoms with Crippen LogP contribution in [0.2, 0.25) is 0 Å². The maximum atomic E-state index is 12.1. The number of aromatic nitrogens is 1. The maximum Gasteiger partial charge on any atom is 0.292 e. The monoisotopic (exact) mass is 267 g/mol. The molecule has 0 radical (unpaired) electrons. The van der Waals surface area contributed by atoms with Crippen molar-refractivity contribution in [1.82, 2.24) is 9.47 Å². The quantitative estimate of drug-likeness (QED) is 0.746. The van der Waals surface area contributed by atoms with Crippen molar-refractivity contribution in [2.75, 3.05) is 27.2 Å². The van der Waals surface area contributed by atoms with Crippen LogP contribution in [0.15, 0.2) is 23.1 Å². The van der Waals surface area contributed by atoms with Gasteiger partial charge in [-0.05, 0) is 46.5 Å². The van der Waals surface area contributed by atoms with Gasteiger partial charge in [-0.1, -0.05) is 0 Å². The first-order valence-electron chi connectivity index (χ1n) is 6.55. The van der Waals surface area contributed by atoms with Gasteiger partial charge < -0.3 is 19.9 Å². The van der Waals surface area contributed by atoms with Gasteiger partial charge in [-0.2, -0.15) is 0 Å². The SMILES string of the molecule is CN(C)CCCOc1cccn(CC(C)(C)N)c1=O. The van der Waals surface area contributed by atoms with E-state index >= 15 is 0 Å². The molecule has 0 saturated heterocycles. The van der Waals surface area contributed by atoms with Crippen molar-refractivity contribution in [3.05, 3.63) is 28.7 Å². The van der Waals surface area contributed by atoms with Gasteiger partial charge in [0.2, 0.25) is 0 Å². The smallest absolute Gasteiger partial charge is 0.292 e. The van der Waals surface area contributed by atoms with Crippen LogP contribution in [-0.2, 0) is 6.54 Å². The topological polar surface area (TPSA) is 60.5 Å². The molecule has 0 aliphatic carbocycles. The van der Waals surface area contributed by atoms with E-state index in [0.29, 0.717) is 18.9 Å². The van der Waals surface area contributed by atoms with E-state index in [0.717, 1.165) is 13.0 Å². The fourth-order valence-corrected chi connectivity index (χ4v) is 1.75. The Morgan fingerprint density at radius 3 is 2.68 bits per heavy atom. The van der Waals surface area contributed by atoms with Crippen molar-refractivity contribution >= 4 is 0 Å². The first kappa shape index (κ1) is 15.7. The third-order valence-corrected chi connectivity index (χ3v) is 2.57. The Hall–Kier alpha value is -1.33. The molecular formula is C14H25N3O2. The van der Waals surface area contributed by atoms with Crippen molar-refractivity contribution in [2.24, 2.45) is 5.73 Å². The lowest BCUT2D eigenvalue weighted by molar-refractivity contribution is 0.275. The first-order valence-corrected chi connectivity index (χ1v) is 6.55. The summed E-state index contributed by atoms with van der Waals surface area (Å²) in [5, 5.41) is 0. The van der Waals surface area contributed by atoms with Crippen LogP contribution in [0.25, 0.3) is 0 Å². The first-order chi connectivity index (χ1) is 8.79. The maximum absolute atomic E-state index is 12.1. The highest BCUT2D eigenvalue weighted by Gasteiger charge is 2.13. The van der Waals surface area contributed by atoms with E-state index < -0.39 is 5.54 Å². The summed E-state index contributed by atoms with van der Waals surface area (Å²) in [5.74, 6) is 0.394. The second-order valence-corrected chi connectivity index (χ2v) is 5.80. The zero-order chi connectivity index (χ0) is 14.5. The molecule has 2 N–H and O–H groups in total. The normalized spacial score (nSPS) is 11.9. The highest BCUT2D eigenvalue weighted by atomic mass is 16.5. The van der Waals surface area contributed by atoms with Crippen molar-refractivity contribution in [3.8, 4) is 5.75 Å². The molecule has 108 valence electrons. The van der Waals surface area contributed by atoms with E-state index in [9.17, 15) is 4.79 Å². The van der Waals surface area contributed by atoms with E-state index in [1.807, 2.05) is 34.0 Å². The molecule has 0 unspecified atom stereocenters. The van der Waals surface area contributed by atoms with Gasteiger partial charge in [0.1, 0.15) is 0 Å².